The second kappa shape index (κ2) is 4.70. The topological polar surface area (TPSA) is 118 Å². The van der Waals surface area contributed by atoms with Crippen molar-refractivity contribution in [2.24, 2.45) is 0 Å². The van der Waals surface area contributed by atoms with Gasteiger partial charge >= 0.3 is 0 Å². The molecule has 2 aromatic heterocycles. The fourth-order valence-electron chi connectivity index (χ4n) is 1.39. The predicted octanol–water partition coefficient (Wildman–Crippen LogP) is -0.397. The largest absolute Gasteiger partial charge is 0.383 e. The molecule has 8 nitrogen and oxygen atoms in total. The third-order valence-corrected chi connectivity index (χ3v) is 4.18. The second-order valence-electron chi connectivity index (χ2n) is 3.58. The van der Waals surface area contributed by atoms with Crippen LogP contribution in [0, 0.1) is 0 Å². The van der Waals surface area contributed by atoms with Crippen molar-refractivity contribution in [2.75, 3.05) is 12.8 Å². The predicted molar refractivity (Wildman–Crippen MR) is 63.7 cm³/mol. The van der Waals surface area contributed by atoms with Crippen molar-refractivity contribution in [2.45, 2.75) is 11.4 Å². The minimum Gasteiger partial charge on any atom is -0.383 e. The monoisotopic (exact) mass is 268 g/mol. The molecule has 3 N–H and O–H groups in total. The van der Waals surface area contributed by atoms with Crippen molar-refractivity contribution < 1.29 is 8.42 Å². The Bertz CT molecular complexity index is 624. The number of H-pyrrole nitrogens is 1. The van der Waals surface area contributed by atoms with Gasteiger partial charge in [0.2, 0.25) is 10.0 Å². The number of rotatable bonds is 4. The van der Waals surface area contributed by atoms with Gasteiger partial charge in [-0.05, 0) is 12.1 Å². The molecular weight excluding hydrogens is 256 g/mol. The lowest BCUT2D eigenvalue weighted by Gasteiger charge is -2.16. The SMILES string of the molecule is CN(Cc1ncn[nH]1)S(=O)(=O)c1cccnc1N. The van der Waals surface area contributed by atoms with Gasteiger partial charge in [-0.25, -0.2) is 18.4 Å². The molecule has 2 heterocycles. The van der Waals surface area contributed by atoms with Gasteiger partial charge in [0.15, 0.2) is 0 Å². The fourth-order valence-corrected chi connectivity index (χ4v) is 2.59. The van der Waals surface area contributed by atoms with Crippen LogP contribution >= 0.6 is 0 Å². The van der Waals surface area contributed by atoms with E-state index in [9.17, 15) is 8.42 Å². The zero-order valence-electron chi connectivity index (χ0n) is 9.61. The summed E-state index contributed by atoms with van der Waals surface area (Å²) in [7, 11) is -2.25. The highest BCUT2D eigenvalue weighted by atomic mass is 32.2. The maximum absolute atomic E-state index is 12.2. The number of aromatic nitrogens is 4. The average Bonchev–Trinajstić information content (AvgIpc) is 2.82. The van der Waals surface area contributed by atoms with Gasteiger partial charge in [-0.3, -0.25) is 5.10 Å². The summed E-state index contributed by atoms with van der Waals surface area (Å²) < 4.78 is 25.6. The first-order chi connectivity index (χ1) is 8.51. The standard InChI is InChI=1S/C9H12N6O2S/c1-15(5-8-12-6-13-14-8)18(16,17)7-3-2-4-11-9(7)10/h2-4,6H,5H2,1H3,(H2,10,11)(H,12,13,14). The van der Waals surface area contributed by atoms with Crippen molar-refractivity contribution in [3.05, 3.63) is 30.5 Å². The van der Waals surface area contributed by atoms with Crippen molar-refractivity contribution in [3.8, 4) is 0 Å². The van der Waals surface area contributed by atoms with Gasteiger partial charge in [-0.1, -0.05) is 0 Å². The Morgan fingerprint density at radius 3 is 2.83 bits per heavy atom. The highest BCUT2D eigenvalue weighted by Gasteiger charge is 2.24. The molecule has 0 amide bonds. The van der Waals surface area contributed by atoms with Gasteiger partial charge in [-0.15, -0.1) is 0 Å². The molecule has 18 heavy (non-hydrogen) atoms. The molecule has 0 aromatic carbocycles. The molecule has 2 aromatic rings. The Labute approximate surface area is 104 Å². The van der Waals surface area contributed by atoms with E-state index in [1.54, 1.807) is 0 Å². The van der Waals surface area contributed by atoms with Gasteiger partial charge in [0.1, 0.15) is 22.9 Å². The molecule has 0 fully saturated rings. The molecule has 96 valence electrons. The molecule has 0 aliphatic carbocycles. The second-order valence-corrected chi connectivity index (χ2v) is 5.59. The molecule has 9 heteroatoms. The summed E-state index contributed by atoms with van der Waals surface area (Å²) in [5, 5.41) is 6.25. The summed E-state index contributed by atoms with van der Waals surface area (Å²) in [6.45, 7) is 0.0800. The highest BCUT2D eigenvalue weighted by molar-refractivity contribution is 7.89. The first-order valence-electron chi connectivity index (χ1n) is 5.03. The van der Waals surface area contributed by atoms with E-state index in [0.717, 1.165) is 4.31 Å². The van der Waals surface area contributed by atoms with E-state index in [2.05, 4.69) is 20.2 Å². The quantitative estimate of drug-likeness (QED) is 0.779. The van der Waals surface area contributed by atoms with Crippen LogP contribution in [0.5, 0.6) is 0 Å². The molecule has 0 saturated heterocycles. The summed E-state index contributed by atoms with van der Waals surface area (Å²) in [5.41, 5.74) is 5.57. The Balaban J connectivity index is 2.29. The van der Waals surface area contributed by atoms with Crippen LogP contribution in [0.3, 0.4) is 0 Å². The lowest BCUT2D eigenvalue weighted by Crippen LogP contribution is -2.27. The minimum absolute atomic E-state index is 0.0213. The number of nitrogens with zero attached hydrogens (tertiary/aromatic N) is 4. The van der Waals surface area contributed by atoms with E-state index in [1.807, 2.05) is 0 Å². The lowest BCUT2D eigenvalue weighted by molar-refractivity contribution is 0.457. The van der Waals surface area contributed by atoms with Gasteiger partial charge in [0.25, 0.3) is 0 Å². The summed E-state index contributed by atoms with van der Waals surface area (Å²) in [4.78, 5) is 7.61. The number of nitrogens with one attached hydrogen (secondary N) is 1. The third kappa shape index (κ3) is 2.31. The normalized spacial score (nSPS) is 11.9. The Kier molecular flexibility index (Phi) is 3.26. The van der Waals surface area contributed by atoms with Crippen LogP contribution in [-0.2, 0) is 16.6 Å². The Hall–Kier alpha value is -2.00. The van der Waals surface area contributed by atoms with Crippen LogP contribution in [0.15, 0.2) is 29.6 Å². The van der Waals surface area contributed by atoms with Crippen LogP contribution in [0.1, 0.15) is 5.82 Å². The Morgan fingerprint density at radius 1 is 1.44 bits per heavy atom. The van der Waals surface area contributed by atoms with Crippen LogP contribution in [0.4, 0.5) is 5.82 Å². The van der Waals surface area contributed by atoms with E-state index in [1.165, 1.54) is 31.7 Å². The maximum Gasteiger partial charge on any atom is 0.246 e. The number of sulfonamides is 1. The molecule has 0 saturated carbocycles. The molecular formula is C9H12N6O2S. The lowest BCUT2D eigenvalue weighted by atomic mass is 10.5. The van der Waals surface area contributed by atoms with E-state index in [4.69, 9.17) is 5.73 Å². The smallest absolute Gasteiger partial charge is 0.246 e. The molecule has 0 radical (unpaired) electrons. The third-order valence-electron chi connectivity index (χ3n) is 2.33. The molecule has 0 aliphatic heterocycles. The zero-order chi connectivity index (χ0) is 13.2. The van der Waals surface area contributed by atoms with Crippen molar-refractivity contribution in [1.82, 2.24) is 24.5 Å². The number of nitrogens with two attached hydrogens (primary N) is 1. The molecule has 0 unspecified atom stereocenters. The van der Waals surface area contributed by atoms with Gasteiger partial charge in [0.05, 0.1) is 6.54 Å². The van der Waals surface area contributed by atoms with E-state index in [0.29, 0.717) is 5.82 Å². The van der Waals surface area contributed by atoms with E-state index >= 15 is 0 Å². The van der Waals surface area contributed by atoms with Crippen molar-refractivity contribution in [3.63, 3.8) is 0 Å². The minimum atomic E-state index is -3.69. The molecule has 0 spiro atoms. The van der Waals surface area contributed by atoms with Gasteiger partial charge in [0, 0.05) is 13.2 Å². The number of hydrogen-bond acceptors (Lipinski definition) is 6. The van der Waals surface area contributed by atoms with E-state index < -0.39 is 10.0 Å². The number of aromatic amines is 1. The zero-order valence-corrected chi connectivity index (χ0v) is 10.4. The summed E-state index contributed by atoms with van der Waals surface area (Å²) in [6.07, 6.45) is 2.75. The van der Waals surface area contributed by atoms with Crippen LogP contribution < -0.4 is 5.73 Å². The van der Waals surface area contributed by atoms with Crippen molar-refractivity contribution >= 4 is 15.8 Å². The highest BCUT2D eigenvalue weighted by Crippen LogP contribution is 2.19. The van der Waals surface area contributed by atoms with Gasteiger partial charge in [-0.2, -0.15) is 9.40 Å². The fraction of sp³-hybridized carbons (Fsp3) is 0.222. The first-order valence-corrected chi connectivity index (χ1v) is 6.47. The Morgan fingerprint density at radius 2 is 2.22 bits per heavy atom. The van der Waals surface area contributed by atoms with Crippen LogP contribution in [0.25, 0.3) is 0 Å². The summed E-state index contributed by atoms with van der Waals surface area (Å²) >= 11 is 0. The number of anilines is 1. The van der Waals surface area contributed by atoms with Gasteiger partial charge < -0.3 is 5.73 Å². The molecule has 2 rings (SSSR count). The van der Waals surface area contributed by atoms with Crippen LogP contribution in [-0.4, -0.2) is 39.9 Å². The maximum atomic E-state index is 12.2. The summed E-state index contributed by atoms with van der Waals surface area (Å²) in [5.74, 6) is 0.422. The number of pyridine rings is 1. The molecule has 0 aliphatic rings. The van der Waals surface area contributed by atoms with Crippen LogP contribution in [0.2, 0.25) is 0 Å². The van der Waals surface area contributed by atoms with E-state index in [-0.39, 0.29) is 17.3 Å². The number of hydrogen-bond donors (Lipinski definition) is 2. The first kappa shape index (κ1) is 12.5. The van der Waals surface area contributed by atoms with Crippen molar-refractivity contribution in [1.29, 1.82) is 0 Å². The summed E-state index contributed by atoms with van der Waals surface area (Å²) in [6, 6.07) is 2.93. The molecule has 0 atom stereocenters. The average molecular weight is 268 g/mol. The molecule has 0 bridgehead atoms. The number of nitrogen functional groups attached to an aromatic ring is 1.